The SMILES string of the molecule is CC[C@@H](C)c1ccccc1NC(=O)COC(=O)c1cc(S(N)(=O)=O)ccc1F. The van der Waals surface area contributed by atoms with Crippen LogP contribution in [0.1, 0.15) is 42.1 Å². The summed E-state index contributed by atoms with van der Waals surface area (Å²) in [6, 6.07) is 9.74. The van der Waals surface area contributed by atoms with Crippen molar-refractivity contribution in [1.29, 1.82) is 0 Å². The summed E-state index contributed by atoms with van der Waals surface area (Å²) in [6.45, 7) is 3.38. The number of rotatable bonds is 7. The van der Waals surface area contributed by atoms with Gasteiger partial charge in [0.15, 0.2) is 6.61 Å². The first-order valence-electron chi connectivity index (χ1n) is 8.51. The molecule has 0 aliphatic rings. The molecule has 0 aliphatic heterocycles. The summed E-state index contributed by atoms with van der Waals surface area (Å²) in [6.07, 6.45) is 0.877. The molecule has 2 aromatic carbocycles. The molecular formula is C19H21FN2O5S. The average molecular weight is 408 g/mol. The Labute approximate surface area is 162 Å². The highest BCUT2D eigenvalue weighted by molar-refractivity contribution is 7.89. The van der Waals surface area contributed by atoms with Crippen molar-refractivity contribution >= 4 is 27.6 Å². The number of para-hydroxylation sites is 1. The first-order chi connectivity index (χ1) is 13.1. The van der Waals surface area contributed by atoms with Crippen LogP contribution in [0.4, 0.5) is 10.1 Å². The Morgan fingerprint density at radius 3 is 2.54 bits per heavy atom. The Balaban J connectivity index is 2.07. The van der Waals surface area contributed by atoms with Gasteiger partial charge in [0.1, 0.15) is 5.82 Å². The predicted molar refractivity (Wildman–Crippen MR) is 102 cm³/mol. The van der Waals surface area contributed by atoms with Crippen molar-refractivity contribution in [3.05, 3.63) is 59.4 Å². The van der Waals surface area contributed by atoms with Gasteiger partial charge >= 0.3 is 5.97 Å². The van der Waals surface area contributed by atoms with E-state index in [1.165, 1.54) is 0 Å². The summed E-state index contributed by atoms with van der Waals surface area (Å²) in [5.41, 5.74) is 0.913. The fraction of sp³-hybridized carbons (Fsp3) is 0.263. The Morgan fingerprint density at radius 1 is 1.21 bits per heavy atom. The molecule has 2 rings (SSSR count). The van der Waals surface area contributed by atoms with E-state index >= 15 is 0 Å². The number of carbonyl (C=O) groups is 2. The normalized spacial score (nSPS) is 12.3. The van der Waals surface area contributed by atoms with Crippen LogP contribution in [0, 0.1) is 5.82 Å². The van der Waals surface area contributed by atoms with Crippen LogP contribution in [0.3, 0.4) is 0 Å². The second kappa shape index (κ2) is 8.94. The van der Waals surface area contributed by atoms with E-state index in [-0.39, 0.29) is 5.92 Å². The van der Waals surface area contributed by atoms with Crippen molar-refractivity contribution in [2.24, 2.45) is 5.14 Å². The zero-order chi connectivity index (χ0) is 20.9. The third kappa shape index (κ3) is 5.37. The highest BCUT2D eigenvalue weighted by atomic mass is 32.2. The lowest BCUT2D eigenvalue weighted by molar-refractivity contribution is -0.119. The fourth-order valence-corrected chi connectivity index (χ4v) is 3.03. The van der Waals surface area contributed by atoms with Gasteiger partial charge < -0.3 is 10.1 Å². The number of esters is 1. The molecule has 7 nitrogen and oxygen atoms in total. The largest absolute Gasteiger partial charge is 0.452 e. The van der Waals surface area contributed by atoms with Crippen molar-refractivity contribution in [3.8, 4) is 0 Å². The predicted octanol–water partition coefficient (Wildman–Crippen LogP) is 2.78. The Kier molecular flexibility index (Phi) is 6.87. The standard InChI is InChI=1S/C19H21FN2O5S/c1-3-12(2)14-6-4-5-7-17(14)22-18(23)11-27-19(24)15-10-13(28(21,25)26)8-9-16(15)20/h4-10,12H,3,11H2,1-2H3,(H,22,23)(H2,21,25,26)/t12-/m1/s1. The summed E-state index contributed by atoms with van der Waals surface area (Å²) in [5, 5.41) is 7.62. The number of hydrogen-bond donors (Lipinski definition) is 2. The van der Waals surface area contributed by atoms with Crippen LogP contribution in [-0.4, -0.2) is 26.9 Å². The Morgan fingerprint density at radius 2 is 1.89 bits per heavy atom. The van der Waals surface area contributed by atoms with Gasteiger partial charge in [0.2, 0.25) is 10.0 Å². The number of sulfonamides is 1. The maximum atomic E-state index is 13.8. The smallest absolute Gasteiger partial charge is 0.341 e. The molecule has 2 aromatic rings. The van der Waals surface area contributed by atoms with Crippen molar-refractivity contribution < 1.29 is 27.1 Å². The van der Waals surface area contributed by atoms with Crippen LogP contribution >= 0.6 is 0 Å². The molecule has 0 saturated heterocycles. The fourth-order valence-electron chi connectivity index (χ4n) is 2.49. The summed E-state index contributed by atoms with van der Waals surface area (Å²) in [4.78, 5) is 23.7. The van der Waals surface area contributed by atoms with E-state index in [0.29, 0.717) is 5.69 Å². The van der Waals surface area contributed by atoms with Gasteiger partial charge in [0.25, 0.3) is 5.91 Å². The number of hydrogen-bond acceptors (Lipinski definition) is 5. The summed E-state index contributed by atoms with van der Waals surface area (Å²) >= 11 is 0. The van der Waals surface area contributed by atoms with Crippen LogP contribution < -0.4 is 10.5 Å². The number of nitrogens with one attached hydrogen (secondary N) is 1. The quantitative estimate of drug-likeness (QED) is 0.684. The summed E-state index contributed by atoms with van der Waals surface area (Å²) < 4.78 is 41.3. The van der Waals surface area contributed by atoms with Crippen LogP contribution in [0.25, 0.3) is 0 Å². The molecule has 0 aliphatic carbocycles. The maximum absolute atomic E-state index is 13.8. The lowest BCUT2D eigenvalue weighted by atomic mass is 9.97. The number of halogens is 1. The van der Waals surface area contributed by atoms with Gasteiger partial charge in [-0.15, -0.1) is 0 Å². The van der Waals surface area contributed by atoms with Gasteiger partial charge in [0.05, 0.1) is 10.5 Å². The van der Waals surface area contributed by atoms with Crippen molar-refractivity contribution in [3.63, 3.8) is 0 Å². The minimum absolute atomic E-state index is 0.217. The molecule has 28 heavy (non-hydrogen) atoms. The number of nitrogens with two attached hydrogens (primary N) is 1. The number of amides is 1. The van der Waals surface area contributed by atoms with E-state index in [0.717, 1.165) is 30.2 Å². The summed E-state index contributed by atoms with van der Waals surface area (Å²) in [5.74, 6) is -2.55. The Hall–Kier alpha value is -2.78. The lowest BCUT2D eigenvalue weighted by Crippen LogP contribution is -2.22. The van der Waals surface area contributed by atoms with E-state index in [9.17, 15) is 22.4 Å². The summed E-state index contributed by atoms with van der Waals surface area (Å²) in [7, 11) is -4.12. The monoisotopic (exact) mass is 408 g/mol. The highest BCUT2D eigenvalue weighted by Gasteiger charge is 2.19. The van der Waals surface area contributed by atoms with Crippen LogP contribution in [0.15, 0.2) is 47.4 Å². The maximum Gasteiger partial charge on any atom is 0.341 e. The lowest BCUT2D eigenvalue weighted by Gasteiger charge is -2.15. The zero-order valence-electron chi connectivity index (χ0n) is 15.4. The van der Waals surface area contributed by atoms with Crippen LogP contribution in [0.2, 0.25) is 0 Å². The first kappa shape index (κ1) is 21.5. The molecule has 150 valence electrons. The van der Waals surface area contributed by atoms with E-state index in [4.69, 9.17) is 9.88 Å². The average Bonchev–Trinajstić information content (AvgIpc) is 2.65. The van der Waals surface area contributed by atoms with Gasteiger partial charge in [-0.1, -0.05) is 32.0 Å². The molecule has 0 saturated carbocycles. The highest BCUT2D eigenvalue weighted by Crippen LogP contribution is 2.26. The molecule has 1 atom stereocenters. The van der Waals surface area contributed by atoms with Gasteiger partial charge in [-0.3, -0.25) is 4.79 Å². The van der Waals surface area contributed by atoms with Crippen molar-refractivity contribution in [2.75, 3.05) is 11.9 Å². The second-order valence-corrected chi connectivity index (χ2v) is 7.77. The van der Waals surface area contributed by atoms with Crippen molar-refractivity contribution in [2.45, 2.75) is 31.1 Å². The van der Waals surface area contributed by atoms with Crippen molar-refractivity contribution in [1.82, 2.24) is 0 Å². The minimum Gasteiger partial charge on any atom is -0.452 e. The second-order valence-electron chi connectivity index (χ2n) is 6.21. The first-order valence-corrected chi connectivity index (χ1v) is 10.1. The molecule has 1 amide bonds. The van der Waals surface area contributed by atoms with Gasteiger partial charge in [-0.25, -0.2) is 22.7 Å². The third-order valence-corrected chi connectivity index (χ3v) is 5.11. The molecular weight excluding hydrogens is 387 g/mol. The topological polar surface area (TPSA) is 116 Å². The van der Waals surface area contributed by atoms with Crippen LogP contribution in [0.5, 0.6) is 0 Å². The minimum atomic E-state index is -4.12. The number of ether oxygens (including phenoxy) is 1. The third-order valence-electron chi connectivity index (χ3n) is 4.20. The molecule has 0 fully saturated rings. The van der Waals surface area contributed by atoms with E-state index in [2.05, 4.69) is 5.32 Å². The molecule has 0 radical (unpaired) electrons. The number of benzene rings is 2. The molecule has 0 spiro atoms. The van der Waals surface area contributed by atoms with E-state index < -0.39 is 44.8 Å². The van der Waals surface area contributed by atoms with Gasteiger partial charge in [-0.2, -0.15) is 0 Å². The zero-order valence-corrected chi connectivity index (χ0v) is 16.3. The van der Waals surface area contributed by atoms with E-state index in [1.807, 2.05) is 26.0 Å². The van der Waals surface area contributed by atoms with Gasteiger partial charge in [-0.05, 0) is 42.2 Å². The molecule has 3 N–H and O–H groups in total. The Bertz CT molecular complexity index is 992. The molecule has 0 heterocycles. The molecule has 0 unspecified atom stereocenters. The molecule has 9 heteroatoms. The number of carbonyl (C=O) groups excluding carboxylic acids is 2. The van der Waals surface area contributed by atoms with Crippen LogP contribution in [-0.2, 0) is 19.6 Å². The molecule has 0 aromatic heterocycles. The van der Waals surface area contributed by atoms with Gasteiger partial charge in [0, 0.05) is 5.69 Å². The van der Waals surface area contributed by atoms with E-state index in [1.54, 1.807) is 12.1 Å². The molecule has 0 bridgehead atoms. The number of primary sulfonamides is 1. The number of anilines is 1.